The van der Waals surface area contributed by atoms with Gasteiger partial charge in [-0.25, -0.2) is 0 Å². The Kier molecular flexibility index (Phi) is 5.02. The van der Waals surface area contributed by atoms with Gasteiger partial charge in [-0.15, -0.1) is 0 Å². The number of fused-ring (bicyclic) bond motifs is 1. The molecule has 1 atom stereocenters. The van der Waals surface area contributed by atoms with Crippen LogP contribution >= 0.6 is 0 Å². The molecule has 0 saturated carbocycles. The van der Waals surface area contributed by atoms with E-state index in [1.807, 2.05) is 0 Å². The Morgan fingerprint density at radius 1 is 1.22 bits per heavy atom. The second-order valence-corrected chi connectivity index (χ2v) is 4.88. The molecule has 0 bridgehead atoms. The monoisotopic (exact) mass is 249 g/mol. The van der Waals surface area contributed by atoms with Crippen molar-refractivity contribution in [3.05, 3.63) is 29.3 Å². The highest BCUT2D eigenvalue weighted by Gasteiger charge is 2.10. The molecule has 0 radical (unpaired) electrons. The fourth-order valence-electron chi connectivity index (χ4n) is 2.21. The third-order valence-corrected chi connectivity index (χ3v) is 3.42. The first-order valence-corrected chi connectivity index (χ1v) is 6.87. The van der Waals surface area contributed by atoms with Crippen molar-refractivity contribution in [3.8, 4) is 5.75 Å². The molecular weight excluding hydrogens is 226 g/mol. The van der Waals surface area contributed by atoms with E-state index in [1.54, 1.807) is 0 Å². The molecule has 18 heavy (non-hydrogen) atoms. The highest BCUT2D eigenvalue weighted by atomic mass is 16.5. The standard InChI is InChI=1S/C15H23NO2/c1-2-14(16)11-17-8-9-18-15-7-6-12-4-3-5-13(12)10-15/h6-7,10,14H,2-5,8-9,11,16H2,1H3. The van der Waals surface area contributed by atoms with Gasteiger partial charge in [-0.3, -0.25) is 0 Å². The lowest BCUT2D eigenvalue weighted by molar-refractivity contribution is 0.0897. The highest BCUT2D eigenvalue weighted by molar-refractivity contribution is 5.38. The van der Waals surface area contributed by atoms with Crippen molar-refractivity contribution in [1.82, 2.24) is 0 Å². The van der Waals surface area contributed by atoms with E-state index in [4.69, 9.17) is 15.2 Å². The summed E-state index contributed by atoms with van der Waals surface area (Å²) in [5.74, 6) is 0.957. The van der Waals surface area contributed by atoms with Crippen LogP contribution in [0.1, 0.15) is 30.9 Å². The molecule has 0 aromatic heterocycles. The van der Waals surface area contributed by atoms with Gasteiger partial charge in [0.15, 0.2) is 0 Å². The van der Waals surface area contributed by atoms with Crippen molar-refractivity contribution in [2.24, 2.45) is 5.73 Å². The Balaban J connectivity index is 1.68. The van der Waals surface area contributed by atoms with Crippen molar-refractivity contribution < 1.29 is 9.47 Å². The maximum absolute atomic E-state index is 5.76. The van der Waals surface area contributed by atoms with Gasteiger partial charge in [0.25, 0.3) is 0 Å². The van der Waals surface area contributed by atoms with Crippen LogP contribution in [0, 0.1) is 0 Å². The van der Waals surface area contributed by atoms with Crippen LogP contribution < -0.4 is 10.5 Å². The summed E-state index contributed by atoms with van der Waals surface area (Å²) in [5, 5.41) is 0. The number of benzene rings is 1. The SMILES string of the molecule is CCC(N)COCCOc1ccc2c(c1)CCC2. The van der Waals surface area contributed by atoms with Gasteiger partial charge in [-0.2, -0.15) is 0 Å². The van der Waals surface area contributed by atoms with Gasteiger partial charge in [0, 0.05) is 6.04 Å². The van der Waals surface area contributed by atoms with E-state index in [0.717, 1.165) is 12.2 Å². The fraction of sp³-hybridized carbons (Fsp3) is 0.600. The molecule has 2 rings (SSSR count). The number of nitrogens with two attached hydrogens (primary N) is 1. The van der Waals surface area contributed by atoms with Crippen molar-refractivity contribution in [2.75, 3.05) is 19.8 Å². The Hall–Kier alpha value is -1.06. The lowest BCUT2D eigenvalue weighted by Crippen LogP contribution is -2.26. The minimum absolute atomic E-state index is 0.144. The van der Waals surface area contributed by atoms with Crippen LogP contribution in [0.15, 0.2) is 18.2 Å². The lowest BCUT2D eigenvalue weighted by Gasteiger charge is -2.11. The Labute approximate surface area is 109 Å². The fourth-order valence-corrected chi connectivity index (χ4v) is 2.21. The maximum Gasteiger partial charge on any atom is 0.119 e. The van der Waals surface area contributed by atoms with Crippen LogP contribution in [0.2, 0.25) is 0 Å². The third kappa shape index (κ3) is 3.72. The largest absolute Gasteiger partial charge is 0.491 e. The van der Waals surface area contributed by atoms with Gasteiger partial charge in [0.2, 0.25) is 0 Å². The normalized spacial score (nSPS) is 15.4. The third-order valence-electron chi connectivity index (χ3n) is 3.42. The molecule has 0 saturated heterocycles. The minimum atomic E-state index is 0.144. The van der Waals surface area contributed by atoms with Gasteiger partial charge >= 0.3 is 0 Å². The van der Waals surface area contributed by atoms with Crippen molar-refractivity contribution >= 4 is 0 Å². The van der Waals surface area contributed by atoms with E-state index in [-0.39, 0.29) is 6.04 Å². The van der Waals surface area contributed by atoms with E-state index in [9.17, 15) is 0 Å². The molecule has 0 amide bonds. The molecule has 1 unspecified atom stereocenters. The Morgan fingerprint density at radius 3 is 2.89 bits per heavy atom. The number of aryl methyl sites for hydroxylation is 2. The molecule has 2 N–H and O–H groups in total. The molecule has 0 heterocycles. The van der Waals surface area contributed by atoms with Crippen LogP contribution in [0.4, 0.5) is 0 Å². The van der Waals surface area contributed by atoms with Crippen LogP contribution in [0.25, 0.3) is 0 Å². The van der Waals surface area contributed by atoms with Gasteiger partial charge < -0.3 is 15.2 Å². The first-order chi connectivity index (χ1) is 8.79. The molecule has 1 aliphatic rings. The molecular formula is C15H23NO2. The zero-order chi connectivity index (χ0) is 12.8. The van der Waals surface area contributed by atoms with Gasteiger partial charge in [-0.05, 0) is 48.9 Å². The molecule has 3 heteroatoms. The van der Waals surface area contributed by atoms with Gasteiger partial charge in [0.05, 0.1) is 13.2 Å². The van der Waals surface area contributed by atoms with Crippen LogP contribution in [-0.2, 0) is 17.6 Å². The number of hydrogen-bond donors (Lipinski definition) is 1. The Morgan fingerprint density at radius 2 is 2.06 bits per heavy atom. The summed E-state index contributed by atoms with van der Waals surface area (Å²) < 4.78 is 11.1. The molecule has 1 aromatic carbocycles. The van der Waals surface area contributed by atoms with E-state index < -0.39 is 0 Å². The van der Waals surface area contributed by atoms with Gasteiger partial charge in [0.1, 0.15) is 12.4 Å². The van der Waals surface area contributed by atoms with Crippen molar-refractivity contribution in [3.63, 3.8) is 0 Å². The quantitative estimate of drug-likeness (QED) is 0.754. The summed E-state index contributed by atoms with van der Waals surface area (Å²) in [5.41, 5.74) is 8.69. The molecule has 1 aliphatic carbocycles. The highest BCUT2D eigenvalue weighted by Crippen LogP contribution is 2.25. The average molecular weight is 249 g/mol. The van der Waals surface area contributed by atoms with E-state index in [1.165, 1.54) is 30.4 Å². The van der Waals surface area contributed by atoms with Crippen molar-refractivity contribution in [2.45, 2.75) is 38.6 Å². The summed E-state index contributed by atoms with van der Waals surface area (Å²) >= 11 is 0. The summed E-state index contributed by atoms with van der Waals surface area (Å²) in [7, 11) is 0. The van der Waals surface area contributed by atoms with Crippen LogP contribution in [0.3, 0.4) is 0 Å². The molecule has 3 nitrogen and oxygen atoms in total. The second kappa shape index (κ2) is 6.76. The summed E-state index contributed by atoms with van der Waals surface area (Å²) in [6.45, 7) is 3.87. The minimum Gasteiger partial charge on any atom is -0.491 e. The van der Waals surface area contributed by atoms with Crippen molar-refractivity contribution in [1.29, 1.82) is 0 Å². The molecule has 100 valence electrons. The van der Waals surface area contributed by atoms with Crippen LogP contribution in [-0.4, -0.2) is 25.9 Å². The number of hydrogen-bond acceptors (Lipinski definition) is 3. The second-order valence-electron chi connectivity index (χ2n) is 4.88. The zero-order valence-electron chi connectivity index (χ0n) is 11.2. The maximum atomic E-state index is 5.76. The average Bonchev–Trinajstić information content (AvgIpc) is 2.85. The predicted octanol–water partition coefficient (Wildman–Crippen LogP) is 2.31. The smallest absolute Gasteiger partial charge is 0.119 e. The predicted molar refractivity (Wildman–Crippen MR) is 73.0 cm³/mol. The molecule has 1 aromatic rings. The molecule has 0 fully saturated rings. The Bertz CT molecular complexity index is 379. The number of ether oxygens (including phenoxy) is 2. The number of rotatable bonds is 7. The van der Waals surface area contributed by atoms with Crippen LogP contribution in [0.5, 0.6) is 5.75 Å². The van der Waals surface area contributed by atoms with E-state index in [0.29, 0.717) is 19.8 Å². The van der Waals surface area contributed by atoms with E-state index in [2.05, 4.69) is 25.1 Å². The van der Waals surface area contributed by atoms with Gasteiger partial charge in [-0.1, -0.05) is 13.0 Å². The van der Waals surface area contributed by atoms with E-state index >= 15 is 0 Å². The topological polar surface area (TPSA) is 44.5 Å². The zero-order valence-corrected chi connectivity index (χ0v) is 11.2. The first kappa shape index (κ1) is 13.4. The first-order valence-electron chi connectivity index (χ1n) is 6.87. The summed E-state index contributed by atoms with van der Waals surface area (Å²) in [6, 6.07) is 6.55. The summed E-state index contributed by atoms with van der Waals surface area (Å²) in [4.78, 5) is 0. The molecule has 0 spiro atoms. The molecule has 0 aliphatic heterocycles. The summed E-state index contributed by atoms with van der Waals surface area (Å²) in [6.07, 6.45) is 4.63. The lowest BCUT2D eigenvalue weighted by atomic mass is 10.1.